The molecule has 0 bridgehead atoms. The fraction of sp³-hybridized carbons (Fsp3) is 0.118. The lowest BCUT2D eigenvalue weighted by atomic mass is 9.87. The summed E-state index contributed by atoms with van der Waals surface area (Å²) in [6.45, 7) is 3.69. The molecule has 1 amide bonds. The first kappa shape index (κ1) is 15.7. The van der Waals surface area contributed by atoms with Crippen molar-refractivity contribution in [2.75, 3.05) is 10.6 Å². The lowest BCUT2D eigenvalue weighted by Crippen LogP contribution is -2.42. The lowest BCUT2D eigenvalue weighted by molar-refractivity contribution is -0.119. The van der Waals surface area contributed by atoms with Gasteiger partial charge in [0, 0.05) is 28.2 Å². The summed E-state index contributed by atoms with van der Waals surface area (Å²) in [6.07, 6.45) is 1.84. The molecule has 1 atom stereocenters. The van der Waals surface area contributed by atoms with E-state index < -0.39 is 17.2 Å². The van der Waals surface area contributed by atoms with E-state index in [0.717, 1.165) is 12.1 Å². The number of carbonyl (C=O) groups is 1. The molecule has 1 aliphatic rings. The predicted octanol–water partition coefficient (Wildman–Crippen LogP) is 4.56. The molecule has 0 aliphatic carbocycles. The Labute approximate surface area is 140 Å². The van der Waals surface area contributed by atoms with Gasteiger partial charge in [-0.1, -0.05) is 24.3 Å². The maximum atomic E-state index is 14.2. The summed E-state index contributed by atoms with van der Waals surface area (Å²) in [6, 6.07) is 9.08. The molecule has 0 radical (unpaired) electrons. The zero-order chi connectivity index (χ0) is 16.6. The number of fused-ring (bicyclic) bond motifs is 1. The Morgan fingerprint density at radius 3 is 2.74 bits per heavy atom. The molecule has 0 aromatic heterocycles. The average molecular weight is 379 g/mol. The molecule has 0 saturated carbocycles. The number of para-hydroxylation sites is 1. The van der Waals surface area contributed by atoms with Gasteiger partial charge >= 0.3 is 0 Å². The molecule has 6 heteroatoms. The first-order valence-electron chi connectivity index (χ1n) is 6.92. The summed E-state index contributed by atoms with van der Waals surface area (Å²) in [7, 11) is 0. The lowest BCUT2D eigenvalue weighted by Gasteiger charge is -2.29. The summed E-state index contributed by atoms with van der Waals surface area (Å²) < 4.78 is 27.7. The van der Waals surface area contributed by atoms with Gasteiger partial charge in [0.2, 0.25) is 0 Å². The van der Waals surface area contributed by atoms with Gasteiger partial charge in [-0.25, -0.2) is 8.78 Å². The smallest absolute Gasteiger partial charge is 0.255 e. The monoisotopic (exact) mass is 378 g/mol. The van der Waals surface area contributed by atoms with Crippen LogP contribution < -0.4 is 10.6 Å². The Morgan fingerprint density at radius 2 is 2.04 bits per heavy atom. The van der Waals surface area contributed by atoms with Gasteiger partial charge in [-0.3, -0.25) is 4.79 Å². The van der Waals surface area contributed by atoms with Crippen molar-refractivity contribution < 1.29 is 13.6 Å². The van der Waals surface area contributed by atoms with Crippen molar-refractivity contribution in [3.8, 4) is 0 Å². The minimum Gasteiger partial charge on any atom is -0.364 e. The molecule has 3 nitrogen and oxygen atoms in total. The minimum atomic E-state index is -1.19. The topological polar surface area (TPSA) is 41.1 Å². The summed E-state index contributed by atoms with van der Waals surface area (Å²) in [5.74, 6) is -1.79. The van der Waals surface area contributed by atoms with Crippen LogP contribution in [0.15, 0.2) is 53.5 Å². The molecule has 1 unspecified atom stereocenters. The highest BCUT2D eigenvalue weighted by molar-refractivity contribution is 9.10. The Kier molecular flexibility index (Phi) is 3.93. The van der Waals surface area contributed by atoms with E-state index >= 15 is 0 Å². The van der Waals surface area contributed by atoms with Gasteiger partial charge in [-0.05, 0) is 28.1 Å². The average Bonchev–Trinajstić information content (AvgIpc) is 2.76. The number of halogens is 3. The zero-order valence-electron chi connectivity index (χ0n) is 12.0. The summed E-state index contributed by atoms with van der Waals surface area (Å²) >= 11 is 3.14. The van der Waals surface area contributed by atoms with E-state index in [0.29, 0.717) is 11.3 Å². The number of benzene rings is 2. The van der Waals surface area contributed by atoms with Crippen LogP contribution in [0.3, 0.4) is 0 Å². The van der Waals surface area contributed by atoms with Crippen LogP contribution in [0.25, 0.3) is 0 Å². The molecular weight excluding hydrogens is 366 g/mol. The van der Waals surface area contributed by atoms with E-state index in [1.807, 2.05) is 0 Å². The second-order valence-corrected chi connectivity index (χ2v) is 6.12. The SMILES string of the molecule is C=CCC1(Nc2c(F)cc(F)cc2Br)C(=O)Nc2ccccc21. The van der Waals surface area contributed by atoms with Crippen LogP contribution in [-0.2, 0) is 10.3 Å². The maximum absolute atomic E-state index is 14.2. The fourth-order valence-electron chi connectivity index (χ4n) is 2.78. The second-order valence-electron chi connectivity index (χ2n) is 5.27. The third-order valence-corrected chi connectivity index (χ3v) is 4.44. The van der Waals surface area contributed by atoms with Gasteiger partial charge in [0.25, 0.3) is 5.91 Å². The molecule has 0 fully saturated rings. The van der Waals surface area contributed by atoms with Crippen LogP contribution in [0.2, 0.25) is 0 Å². The molecule has 23 heavy (non-hydrogen) atoms. The molecule has 1 aliphatic heterocycles. The largest absolute Gasteiger partial charge is 0.364 e. The standard InChI is InChI=1S/C17H13BrF2N2O/c1-2-7-17(11-5-3-4-6-14(11)21-16(17)23)22-15-12(18)8-10(19)9-13(15)20/h2-6,8-9,22H,1,7H2,(H,21,23). The van der Waals surface area contributed by atoms with Crippen molar-refractivity contribution in [3.63, 3.8) is 0 Å². The quantitative estimate of drug-likeness (QED) is 0.765. The Hall–Kier alpha value is -2.21. The Morgan fingerprint density at radius 1 is 1.30 bits per heavy atom. The Balaban J connectivity index is 2.14. The first-order chi connectivity index (χ1) is 11.0. The van der Waals surface area contributed by atoms with Gasteiger partial charge in [0.1, 0.15) is 17.2 Å². The van der Waals surface area contributed by atoms with Crippen molar-refractivity contribution >= 4 is 33.2 Å². The van der Waals surface area contributed by atoms with Crippen LogP contribution in [-0.4, -0.2) is 5.91 Å². The normalized spacial score (nSPS) is 19.2. The van der Waals surface area contributed by atoms with E-state index in [4.69, 9.17) is 0 Å². The molecule has 2 N–H and O–H groups in total. The van der Waals surface area contributed by atoms with Gasteiger partial charge in [0.15, 0.2) is 0 Å². The molecule has 1 heterocycles. The zero-order valence-corrected chi connectivity index (χ0v) is 13.6. The van der Waals surface area contributed by atoms with Gasteiger partial charge in [-0.2, -0.15) is 0 Å². The number of anilines is 2. The molecule has 118 valence electrons. The van der Waals surface area contributed by atoms with Crippen molar-refractivity contribution in [1.82, 2.24) is 0 Å². The molecular formula is C17H13BrF2N2O. The molecule has 0 saturated heterocycles. The predicted molar refractivity (Wildman–Crippen MR) is 89.2 cm³/mol. The number of rotatable bonds is 4. The van der Waals surface area contributed by atoms with Crippen LogP contribution >= 0.6 is 15.9 Å². The van der Waals surface area contributed by atoms with Crippen molar-refractivity contribution in [1.29, 1.82) is 0 Å². The highest BCUT2D eigenvalue weighted by Crippen LogP contribution is 2.43. The highest BCUT2D eigenvalue weighted by atomic mass is 79.9. The summed E-state index contributed by atoms with van der Waals surface area (Å²) in [5.41, 5.74) is 0.186. The van der Waals surface area contributed by atoms with E-state index in [9.17, 15) is 13.6 Å². The van der Waals surface area contributed by atoms with E-state index in [1.54, 1.807) is 30.3 Å². The third kappa shape index (κ3) is 2.53. The summed E-state index contributed by atoms with van der Waals surface area (Å²) in [5, 5.41) is 5.74. The van der Waals surface area contributed by atoms with Gasteiger partial charge in [0.05, 0.1) is 5.69 Å². The highest BCUT2D eigenvalue weighted by Gasteiger charge is 2.46. The summed E-state index contributed by atoms with van der Waals surface area (Å²) in [4.78, 5) is 12.6. The van der Waals surface area contributed by atoms with Crippen LogP contribution in [0.1, 0.15) is 12.0 Å². The van der Waals surface area contributed by atoms with E-state index in [1.165, 1.54) is 0 Å². The first-order valence-corrected chi connectivity index (χ1v) is 7.72. The van der Waals surface area contributed by atoms with E-state index in [2.05, 4.69) is 33.1 Å². The third-order valence-electron chi connectivity index (χ3n) is 3.82. The number of nitrogens with one attached hydrogen (secondary N) is 2. The number of hydrogen-bond donors (Lipinski definition) is 2. The van der Waals surface area contributed by atoms with Gasteiger partial charge in [-0.15, -0.1) is 6.58 Å². The fourth-order valence-corrected chi connectivity index (χ4v) is 3.29. The molecule has 0 spiro atoms. The van der Waals surface area contributed by atoms with Crippen LogP contribution in [0.5, 0.6) is 0 Å². The molecule has 2 aromatic rings. The van der Waals surface area contributed by atoms with Crippen LogP contribution in [0, 0.1) is 11.6 Å². The minimum absolute atomic E-state index is 0.0279. The van der Waals surface area contributed by atoms with Crippen LogP contribution in [0.4, 0.5) is 20.2 Å². The van der Waals surface area contributed by atoms with Crippen molar-refractivity contribution in [3.05, 3.63) is 70.7 Å². The van der Waals surface area contributed by atoms with Crippen molar-refractivity contribution in [2.24, 2.45) is 0 Å². The number of amides is 1. The molecule has 3 rings (SSSR count). The van der Waals surface area contributed by atoms with Crippen molar-refractivity contribution in [2.45, 2.75) is 12.0 Å². The van der Waals surface area contributed by atoms with E-state index in [-0.39, 0.29) is 22.5 Å². The Bertz CT molecular complexity index is 786. The number of hydrogen-bond acceptors (Lipinski definition) is 2. The maximum Gasteiger partial charge on any atom is 0.255 e. The van der Waals surface area contributed by atoms with Gasteiger partial charge < -0.3 is 10.6 Å². The molecule has 2 aromatic carbocycles. The second kappa shape index (κ2) is 5.77. The number of carbonyl (C=O) groups excluding carboxylic acids is 1.